The maximum Gasteiger partial charge on any atom is 0.202 e. The number of phenolic OH excluding ortho intramolecular Hbond substituents is 6. The average molecular weight is 895 g/mol. The van der Waals surface area contributed by atoms with Crippen LogP contribution in [-0.2, 0) is 38.4 Å². The third-order valence-corrected chi connectivity index (χ3v) is 12.2. The van der Waals surface area contributed by atoms with Crippen LogP contribution in [-0.4, -0.2) is 84.4 Å². The van der Waals surface area contributed by atoms with Crippen molar-refractivity contribution in [2.45, 2.75) is 40.0 Å². The Kier molecular flexibility index (Phi) is 10.4. The Bertz CT molecular complexity index is 3220. The highest BCUT2D eigenvalue weighted by molar-refractivity contribution is 6.41. The molecule has 4 aromatic carbocycles. The van der Waals surface area contributed by atoms with Gasteiger partial charge in [-0.15, -0.1) is 0 Å². The quantitative estimate of drug-likeness (QED) is 0.0794. The van der Waals surface area contributed by atoms with Crippen molar-refractivity contribution in [3.63, 3.8) is 0 Å². The van der Waals surface area contributed by atoms with E-state index in [9.17, 15) is 80.5 Å². The summed E-state index contributed by atoms with van der Waals surface area (Å²) in [6.07, 6.45) is -0.00961. The summed E-state index contributed by atoms with van der Waals surface area (Å²) < 4.78 is 0. The minimum atomic E-state index is -1.04. The molecule has 12 N–H and O–H groups in total. The topological polar surface area (TPSA) is 311 Å². The number of benzene rings is 4. The zero-order valence-corrected chi connectivity index (χ0v) is 35.0. The number of hydrogen-bond acceptors (Lipinski definition) is 16. The first-order valence-electron chi connectivity index (χ1n) is 20.0. The van der Waals surface area contributed by atoms with Gasteiger partial charge < -0.3 is 61.3 Å². The molecule has 4 aliphatic rings. The number of phenols is 6. The maximum atomic E-state index is 13.7. The zero-order valence-electron chi connectivity index (χ0n) is 35.0. The molecule has 0 fully saturated rings. The van der Waals surface area contributed by atoms with Gasteiger partial charge in [0, 0.05) is 64.8 Å². The first kappa shape index (κ1) is 43.7. The number of allylic oxidation sites excluding steroid dienone is 8. The molecule has 0 spiro atoms. The molecule has 0 aromatic heterocycles. The molecule has 0 bridgehead atoms. The third kappa shape index (κ3) is 6.53. The molecule has 0 heterocycles. The van der Waals surface area contributed by atoms with Crippen LogP contribution < -0.4 is 0 Å². The van der Waals surface area contributed by atoms with Gasteiger partial charge in [-0.25, -0.2) is 0 Å². The molecule has 4 aromatic rings. The van der Waals surface area contributed by atoms with Gasteiger partial charge in [0.1, 0.15) is 69.1 Å². The van der Waals surface area contributed by atoms with Crippen molar-refractivity contribution >= 4 is 34.3 Å². The molecule has 0 radical (unpaired) electrons. The summed E-state index contributed by atoms with van der Waals surface area (Å²) in [7, 11) is 0. The number of aliphatic hydroxyl groups excluding tert-OH is 6. The Morgan fingerprint density at radius 2 is 0.924 bits per heavy atom. The molecule has 0 unspecified atom stereocenters. The van der Waals surface area contributed by atoms with Crippen molar-refractivity contribution in [2.75, 3.05) is 0 Å². The van der Waals surface area contributed by atoms with Crippen molar-refractivity contribution in [1.82, 2.24) is 0 Å². The summed E-state index contributed by atoms with van der Waals surface area (Å²) in [4.78, 5) is 54.1. The minimum absolute atomic E-state index is 0.0257. The largest absolute Gasteiger partial charge is 0.507 e. The Morgan fingerprint density at radius 1 is 0.409 bits per heavy atom. The molecule has 0 atom stereocenters. The van der Waals surface area contributed by atoms with Crippen LogP contribution in [0.3, 0.4) is 0 Å². The first-order valence-corrected chi connectivity index (χ1v) is 20.0. The Balaban J connectivity index is 1.12. The molecule has 66 heavy (non-hydrogen) atoms. The van der Waals surface area contributed by atoms with Crippen molar-refractivity contribution in [2.24, 2.45) is 0 Å². The molecule has 0 amide bonds. The van der Waals surface area contributed by atoms with E-state index in [0.29, 0.717) is 16.7 Å². The van der Waals surface area contributed by atoms with Crippen LogP contribution in [0.5, 0.6) is 34.5 Å². The van der Waals surface area contributed by atoms with E-state index in [1.807, 2.05) is 0 Å². The molecule has 0 saturated heterocycles. The van der Waals surface area contributed by atoms with Crippen LogP contribution in [0, 0.1) is 13.8 Å². The molecule has 16 nitrogen and oxygen atoms in total. The highest BCUT2D eigenvalue weighted by Crippen LogP contribution is 2.52. The van der Waals surface area contributed by atoms with Crippen molar-refractivity contribution in [1.29, 1.82) is 0 Å². The van der Waals surface area contributed by atoms with Crippen LogP contribution in [0.25, 0.3) is 11.1 Å². The van der Waals surface area contributed by atoms with Crippen LogP contribution in [0.2, 0.25) is 0 Å². The number of aliphatic hydroxyl groups is 6. The van der Waals surface area contributed by atoms with E-state index >= 15 is 0 Å². The lowest BCUT2D eigenvalue weighted by atomic mass is 9.76. The molecular weight excluding hydrogens is 857 g/mol. The van der Waals surface area contributed by atoms with Crippen LogP contribution in [0.4, 0.5) is 0 Å². The summed E-state index contributed by atoms with van der Waals surface area (Å²) in [5, 5.41) is 131. The Morgan fingerprint density at radius 3 is 1.50 bits per heavy atom. The number of carbonyl (C=O) groups excluding carboxylic acids is 4. The number of rotatable bonds is 8. The van der Waals surface area contributed by atoms with E-state index in [2.05, 4.69) is 0 Å². The lowest BCUT2D eigenvalue weighted by molar-refractivity contribution is -0.113. The van der Waals surface area contributed by atoms with Gasteiger partial charge in [0.15, 0.2) is 11.6 Å². The van der Waals surface area contributed by atoms with E-state index in [4.69, 9.17) is 0 Å². The Hall–Kier alpha value is -8.92. The van der Waals surface area contributed by atoms with Crippen LogP contribution in [0.15, 0.2) is 140 Å². The van der Waals surface area contributed by atoms with Crippen molar-refractivity contribution in [3.8, 4) is 34.5 Å². The molecule has 4 aliphatic carbocycles. The molecular formula is C50H38O16. The van der Waals surface area contributed by atoms with Crippen molar-refractivity contribution in [3.05, 3.63) is 185 Å². The highest BCUT2D eigenvalue weighted by Gasteiger charge is 2.46. The average Bonchev–Trinajstić information content (AvgIpc) is 3.29. The second kappa shape index (κ2) is 15.7. The fraction of sp³-hybridized carbons (Fsp3) is 0.120. The molecule has 334 valence electrons. The summed E-state index contributed by atoms with van der Waals surface area (Å²) in [5.41, 5.74) is -4.57. The van der Waals surface area contributed by atoms with E-state index in [-0.39, 0.29) is 52.7 Å². The summed E-state index contributed by atoms with van der Waals surface area (Å²) >= 11 is 0. The van der Waals surface area contributed by atoms with Gasteiger partial charge in [0.2, 0.25) is 11.6 Å². The standard InChI is InChI=1S/C50H38O16/c1-18-39(55)19(2)42(58)35(41(18)57)37-49(65)38(50(37)66)36-43(59)20(3)40(56)26(46(36)62)15-23-11-7-10-22(12-23)14-25-28(52)17-30(54)32(45(25)61)34-47(63)33(48(34)64)31-29(53)16-27(51)24(44(31)60)13-21-8-5-4-6-9-21/h4-12,16-17,51,53-55,57-63,65H,13-15H2,1-3H3/b34-32-,38-36+. The Labute approximate surface area is 373 Å². The van der Waals surface area contributed by atoms with E-state index < -0.39 is 137 Å². The van der Waals surface area contributed by atoms with E-state index in [1.54, 1.807) is 30.3 Å². The number of aromatic hydroxyl groups is 6. The van der Waals surface area contributed by atoms with E-state index in [0.717, 1.165) is 12.1 Å². The summed E-state index contributed by atoms with van der Waals surface area (Å²) in [6, 6.07) is 15.6. The van der Waals surface area contributed by atoms with Gasteiger partial charge in [-0.2, -0.15) is 0 Å². The van der Waals surface area contributed by atoms with Crippen molar-refractivity contribution < 1.29 is 80.5 Å². The number of ketones is 4. The smallest absolute Gasteiger partial charge is 0.202 e. The van der Waals surface area contributed by atoms with Crippen LogP contribution in [0.1, 0.15) is 51.4 Å². The molecule has 16 heteroatoms. The highest BCUT2D eigenvalue weighted by atomic mass is 16.3. The predicted octanol–water partition coefficient (Wildman–Crippen LogP) is 6.97. The molecule has 8 rings (SSSR count). The first-order chi connectivity index (χ1) is 31.2. The lowest BCUT2D eigenvalue weighted by Crippen LogP contribution is -2.28. The number of carbonyl (C=O) groups is 4. The maximum absolute atomic E-state index is 13.7. The third-order valence-electron chi connectivity index (χ3n) is 12.2. The van der Waals surface area contributed by atoms with Gasteiger partial charge in [-0.3, -0.25) is 19.2 Å². The SMILES string of the molecule is CC1=C(O)/C(=C2\C(=O)C(c3c(O)c(C)c(O)c(C)c3O)=C2O)C(O)=C(Cc2cccc(CC3=C(O)/C(=C4\C(=O)C(c5c(O)cc(O)c(Cc6ccccc6)c5O)=C4O)C(O)=CC3=O)c2)C1=O. The predicted molar refractivity (Wildman–Crippen MR) is 234 cm³/mol. The second-order valence-electron chi connectivity index (χ2n) is 16.1. The van der Waals surface area contributed by atoms with Gasteiger partial charge in [0.05, 0.1) is 44.6 Å². The van der Waals surface area contributed by atoms with Gasteiger partial charge in [-0.1, -0.05) is 54.6 Å². The second-order valence-corrected chi connectivity index (χ2v) is 16.1. The lowest BCUT2D eigenvalue weighted by Gasteiger charge is -2.28. The summed E-state index contributed by atoms with van der Waals surface area (Å²) in [6.45, 7) is 3.84. The zero-order chi connectivity index (χ0) is 48.0. The van der Waals surface area contributed by atoms with Gasteiger partial charge >= 0.3 is 0 Å². The van der Waals surface area contributed by atoms with Crippen LogP contribution >= 0.6 is 0 Å². The minimum Gasteiger partial charge on any atom is -0.507 e. The van der Waals surface area contributed by atoms with E-state index in [1.165, 1.54) is 45.0 Å². The number of Topliss-reactive ketones (excluding diaryl/α,β-unsaturated/α-hetero) is 3. The fourth-order valence-corrected chi connectivity index (χ4v) is 8.51. The monoisotopic (exact) mass is 894 g/mol. The number of hydrogen-bond donors (Lipinski definition) is 12. The normalized spacial score (nSPS) is 19.0. The van der Waals surface area contributed by atoms with Gasteiger partial charge in [0.25, 0.3) is 0 Å². The fourth-order valence-electron chi connectivity index (χ4n) is 8.51. The molecule has 0 saturated carbocycles. The van der Waals surface area contributed by atoms with Gasteiger partial charge in [-0.05, 0) is 37.5 Å². The molecule has 0 aliphatic heterocycles. The summed E-state index contributed by atoms with van der Waals surface area (Å²) in [5.74, 6) is -12.7.